The second kappa shape index (κ2) is 7.91. The number of hydrogen-bond donors (Lipinski definition) is 0. The van der Waals surface area contributed by atoms with Gasteiger partial charge >= 0.3 is 6.18 Å². The molecule has 0 atom stereocenters. The second-order valence-electron chi connectivity index (χ2n) is 6.49. The number of nitrogens with zero attached hydrogens (tertiary/aromatic N) is 3. The minimum atomic E-state index is -4.74. The fourth-order valence-corrected chi connectivity index (χ4v) is 4.82. The van der Waals surface area contributed by atoms with Gasteiger partial charge in [-0.2, -0.15) is 22.7 Å². The predicted molar refractivity (Wildman–Crippen MR) is 96.6 cm³/mol. The molecule has 1 heterocycles. The van der Waals surface area contributed by atoms with Gasteiger partial charge in [0.2, 0.25) is 10.0 Å². The maximum atomic E-state index is 13.2. The molecule has 0 radical (unpaired) electrons. The van der Waals surface area contributed by atoms with Crippen molar-refractivity contribution in [2.45, 2.75) is 17.6 Å². The number of sulfonamides is 1. The Kier molecular flexibility index (Phi) is 5.74. The molecule has 148 valence electrons. The van der Waals surface area contributed by atoms with Crippen LogP contribution in [0.15, 0.2) is 53.4 Å². The molecule has 0 bridgehead atoms. The highest BCUT2D eigenvalue weighted by molar-refractivity contribution is 7.89. The number of alkyl halides is 3. The first-order chi connectivity index (χ1) is 13.2. The van der Waals surface area contributed by atoms with Gasteiger partial charge in [-0.05, 0) is 29.8 Å². The largest absolute Gasteiger partial charge is 0.417 e. The van der Waals surface area contributed by atoms with E-state index >= 15 is 0 Å². The van der Waals surface area contributed by atoms with Crippen molar-refractivity contribution in [3.05, 3.63) is 65.2 Å². The Morgan fingerprint density at radius 1 is 1.00 bits per heavy atom. The summed E-state index contributed by atoms with van der Waals surface area (Å²) in [4.78, 5) is 1.30. The SMILES string of the molecule is N#Cc1cccc(CN2CCN(S(=O)(=O)c3ccccc3C(F)(F)F)CC2)c1. The molecule has 9 heteroatoms. The first-order valence-electron chi connectivity index (χ1n) is 8.59. The van der Waals surface area contributed by atoms with Gasteiger partial charge in [0.25, 0.3) is 0 Å². The molecule has 1 saturated heterocycles. The van der Waals surface area contributed by atoms with Crippen LogP contribution in [0.2, 0.25) is 0 Å². The van der Waals surface area contributed by atoms with E-state index in [-0.39, 0.29) is 13.1 Å². The van der Waals surface area contributed by atoms with E-state index in [1.807, 2.05) is 11.0 Å². The molecule has 2 aromatic carbocycles. The third kappa shape index (κ3) is 4.35. The van der Waals surface area contributed by atoms with Crippen molar-refractivity contribution >= 4 is 10.0 Å². The smallest absolute Gasteiger partial charge is 0.296 e. The molecular weight excluding hydrogens is 391 g/mol. The quantitative estimate of drug-likeness (QED) is 0.779. The van der Waals surface area contributed by atoms with Crippen molar-refractivity contribution in [1.29, 1.82) is 5.26 Å². The summed E-state index contributed by atoms with van der Waals surface area (Å²) in [6.07, 6.45) is -4.74. The lowest BCUT2D eigenvalue weighted by Crippen LogP contribution is -2.48. The predicted octanol–water partition coefficient (Wildman–Crippen LogP) is 3.08. The van der Waals surface area contributed by atoms with Crippen LogP contribution >= 0.6 is 0 Å². The van der Waals surface area contributed by atoms with Gasteiger partial charge < -0.3 is 0 Å². The average molecular weight is 409 g/mol. The van der Waals surface area contributed by atoms with Crippen LogP contribution in [0.4, 0.5) is 13.2 Å². The first kappa shape index (κ1) is 20.3. The molecule has 0 unspecified atom stereocenters. The van der Waals surface area contributed by atoms with Gasteiger partial charge in [0.05, 0.1) is 22.1 Å². The zero-order valence-electron chi connectivity index (χ0n) is 14.9. The Morgan fingerprint density at radius 2 is 1.68 bits per heavy atom. The maximum Gasteiger partial charge on any atom is 0.417 e. The molecule has 0 aromatic heterocycles. The van der Waals surface area contributed by atoms with Crippen LogP contribution in [-0.2, 0) is 22.7 Å². The summed E-state index contributed by atoms with van der Waals surface area (Å²) in [7, 11) is -4.24. The molecule has 2 aromatic rings. The van der Waals surface area contributed by atoms with Crippen LogP contribution in [0, 0.1) is 11.3 Å². The van der Waals surface area contributed by atoms with E-state index in [9.17, 15) is 21.6 Å². The molecule has 0 aliphatic carbocycles. The van der Waals surface area contributed by atoms with Crippen molar-refractivity contribution in [2.24, 2.45) is 0 Å². The summed E-state index contributed by atoms with van der Waals surface area (Å²) in [6.45, 7) is 1.54. The van der Waals surface area contributed by atoms with Gasteiger partial charge in [0, 0.05) is 32.7 Å². The molecule has 1 fully saturated rings. The van der Waals surface area contributed by atoms with Crippen molar-refractivity contribution < 1.29 is 21.6 Å². The molecule has 28 heavy (non-hydrogen) atoms. The van der Waals surface area contributed by atoms with Crippen molar-refractivity contribution in [3.8, 4) is 6.07 Å². The Hall–Kier alpha value is -2.41. The maximum absolute atomic E-state index is 13.2. The zero-order valence-corrected chi connectivity index (χ0v) is 15.7. The first-order valence-corrected chi connectivity index (χ1v) is 10.0. The lowest BCUT2D eigenvalue weighted by Gasteiger charge is -2.34. The molecule has 3 rings (SSSR count). The van der Waals surface area contributed by atoms with Crippen LogP contribution in [0.3, 0.4) is 0 Å². The normalized spacial score (nSPS) is 16.6. The fourth-order valence-electron chi connectivity index (χ4n) is 3.19. The van der Waals surface area contributed by atoms with Gasteiger partial charge in [0.1, 0.15) is 0 Å². The molecule has 0 spiro atoms. The van der Waals surface area contributed by atoms with E-state index < -0.39 is 26.7 Å². The summed E-state index contributed by atoms with van der Waals surface area (Å²) >= 11 is 0. The number of piperazine rings is 1. The van der Waals surface area contributed by atoms with E-state index in [4.69, 9.17) is 5.26 Å². The van der Waals surface area contributed by atoms with Crippen LogP contribution < -0.4 is 0 Å². The van der Waals surface area contributed by atoms with Crippen molar-refractivity contribution in [3.63, 3.8) is 0 Å². The van der Waals surface area contributed by atoms with Crippen LogP contribution in [0.1, 0.15) is 16.7 Å². The highest BCUT2D eigenvalue weighted by Crippen LogP contribution is 2.35. The topological polar surface area (TPSA) is 64.4 Å². The lowest BCUT2D eigenvalue weighted by atomic mass is 10.1. The highest BCUT2D eigenvalue weighted by atomic mass is 32.2. The van der Waals surface area contributed by atoms with Crippen LogP contribution in [0.5, 0.6) is 0 Å². The van der Waals surface area contributed by atoms with E-state index in [1.54, 1.807) is 18.2 Å². The monoisotopic (exact) mass is 409 g/mol. The molecule has 5 nitrogen and oxygen atoms in total. The van der Waals surface area contributed by atoms with Crippen molar-refractivity contribution in [2.75, 3.05) is 26.2 Å². The van der Waals surface area contributed by atoms with Crippen molar-refractivity contribution in [1.82, 2.24) is 9.21 Å². The van der Waals surface area contributed by atoms with E-state index in [1.165, 1.54) is 12.1 Å². The number of hydrogen-bond acceptors (Lipinski definition) is 4. The van der Waals surface area contributed by atoms with Gasteiger partial charge in [-0.25, -0.2) is 8.42 Å². The number of benzene rings is 2. The Labute approximate surface area is 161 Å². The Balaban J connectivity index is 1.72. The van der Waals surface area contributed by atoms with Gasteiger partial charge in [-0.1, -0.05) is 24.3 Å². The molecular formula is C19H18F3N3O2S. The van der Waals surface area contributed by atoms with Gasteiger partial charge in [-0.3, -0.25) is 4.90 Å². The van der Waals surface area contributed by atoms with E-state index in [0.717, 1.165) is 22.0 Å². The standard InChI is InChI=1S/C19H18F3N3O2S/c20-19(21,22)17-6-1-2-7-18(17)28(26,27)25-10-8-24(9-11-25)14-16-5-3-4-15(12-16)13-23/h1-7,12H,8-11,14H2. The molecule has 1 aliphatic rings. The number of nitriles is 1. The second-order valence-corrected chi connectivity index (χ2v) is 8.39. The fraction of sp³-hybridized carbons (Fsp3) is 0.316. The van der Waals surface area contributed by atoms with Crippen LogP contribution in [-0.4, -0.2) is 43.8 Å². The summed E-state index contributed by atoms with van der Waals surface area (Å²) in [5.41, 5.74) is 0.325. The summed E-state index contributed by atoms with van der Waals surface area (Å²) in [5, 5.41) is 8.96. The molecule has 0 amide bonds. The average Bonchev–Trinajstić information content (AvgIpc) is 2.68. The van der Waals surface area contributed by atoms with E-state index in [0.29, 0.717) is 25.2 Å². The van der Waals surface area contributed by atoms with Gasteiger partial charge in [-0.15, -0.1) is 0 Å². The third-order valence-electron chi connectivity index (χ3n) is 4.60. The Bertz CT molecular complexity index is 992. The summed E-state index contributed by atoms with van der Waals surface area (Å²) in [6, 6.07) is 13.4. The van der Waals surface area contributed by atoms with E-state index in [2.05, 4.69) is 6.07 Å². The number of rotatable bonds is 4. The van der Waals surface area contributed by atoms with Gasteiger partial charge in [0.15, 0.2) is 0 Å². The lowest BCUT2D eigenvalue weighted by molar-refractivity contribution is -0.139. The minimum Gasteiger partial charge on any atom is -0.296 e. The molecule has 1 aliphatic heterocycles. The third-order valence-corrected chi connectivity index (χ3v) is 6.56. The molecule has 0 N–H and O–H groups in total. The Morgan fingerprint density at radius 3 is 2.32 bits per heavy atom. The summed E-state index contributed by atoms with van der Waals surface area (Å²) < 4.78 is 66.2. The zero-order chi connectivity index (χ0) is 20.4. The minimum absolute atomic E-state index is 0.104. The summed E-state index contributed by atoms with van der Waals surface area (Å²) in [5.74, 6) is 0. The number of halogens is 3. The molecule has 0 saturated carbocycles. The van der Waals surface area contributed by atoms with Crippen LogP contribution in [0.25, 0.3) is 0 Å². The highest BCUT2D eigenvalue weighted by Gasteiger charge is 2.39.